The van der Waals surface area contributed by atoms with Gasteiger partial charge in [0.05, 0.1) is 6.54 Å². The number of nitrogens with two attached hydrogens (primary N) is 4. The van der Waals surface area contributed by atoms with Gasteiger partial charge in [-0.25, -0.2) is 4.79 Å². The van der Waals surface area contributed by atoms with Crippen LogP contribution in [0.25, 0.3) is 0 Å². The average molecular weight is 423 g/mol. The first kappa shape index (κ1) is 26.3. The van der Waals surface area contributed by atoms with Crippen LogP contribution in [-0.4, -0.2) is 60.6 Å². The van der Waals surface area contributed by atoms with Gasteiger partial charge in [0.1, 0.15) is 12.1 Å². The standard InChI is InChI=1S/C14H29N7O4.Cu/c15-6-2-1-4-10(13(24)25)21-12(23)9(20-11(22)8-16)5-3-7-19-14(17)18;/h9-10H,1-8,15-16H2,(H,20,22)(H,21,23)(H,24,25)(H4,17,18,19);/q;+1. The fourth-order valence-corrected chi connectivity index (χ4v) is 2.05. The molecule has 0 aromatic rings. The molecule has 154 valence electrons. The number of unbranched alkanes of at least 4 members (excludes halogenated alkanes) is 1. The largest absolute Gasteiger partial charge is 1.00 e. The molecule has 11 nitrogen and oxygen atoms in total. The molecule has 0 aliphatic rings. The van der Waals surface area contributed by atoms with E-state index in [1.807, 2.05) is 0 Å². The quantitative estimate of drug-likeness (QED) is 0.0709. The number of hydrogen-bond acceptors (Lipinski definition) is 6. The third-order valence-electron chi connectivity index (χ3n) is 3.34. The molecule has 0 heterocycles. The fraction of sp³-hybridized carbons (Fsp3) is 0.714. The van der Waals surface area contributed by atoms with Crippen LogP contribution in [-0.2, 0) is 31.5 Å². The molecule has 2 unspecified atom stereocenters. The Labute approximate surface area is 163 Å². The van der Waals surface area contributed by atoms with Crippen LogP contribution in [0.1, 0.15) is 32.1 Å². The molecule has 0 saturated carbocycles. The van der Waals surface area contributed by atoms with Crippen molar-refractivity contribution in [2.24, 2.45) is 27.9 Å². The van der Waals surface area contributed by atoms with E-state index in [2.05, 4.69) is 15.6 Å². The summed E-state index contributed by atoms with van der Waals surface area (Å²) in [6.07, 6.45) is 2.14. The number of aliphatic imine (C=N–C) groups is 1. The van der Waals surface area contributed by atoms with E-state index in [9.17, 15) is 19.5 Å². The van der Waals surface area contributed by atoms with Crippen LogP contribution in [0.5, 0.6) is 0 Å². The van der Waals surface area contributed by atoms with Gasteiger partial charge in [0.25, 0.3) is 0 Å². The van der Waals surface area contributed by atoms with Crippen LogP contribution in [0, 0.1) is 0 Å². The Hall–Kier alpha value is -1.88. The van der Waals surface area contributed by atoms with Crippen molar-refractivity contribution in [2.45, 2.75) is 44.2 Å². The van der Waals surface area contributed by atoms with Crippen LogP contribution in [0.3, 0.4) is 0 Å². The Balaban J connectivity index is 0. The van der Waals surface area contributed by atoms with Crippen molar-refractivity contribution in [1.29, 1.82) is 0 Å². The zero-order valence-electron chi connectivity index (χ0n) is 14.5. The maximum atomic E-state index is 12.3. The van der Waals surface area contributed by atoms with E-state index in [4.69, 9.17) is 22.9 Å². The first-order valence-corrected chi connectivity index (χ1v) is 8.09. The van der Waals surface area contributed by atoms with Crippen molar-refractivity contribution in [2.75, 3.05) is 19.6 Å². The number of amides is 2. The monoisotopic (exact) mass is 422 g/mol. The molecule has 11 N–H and O–H groups in total. The van der Waals surface area contributed by atoms with E-state index in [1.54, 1.807) is 0 Å². The topological polar surface area (TPSA) is 212 Å². The molecule has 0 fully saturated rings. The predicted octanol–water partition coefficient (Wildman–Crippen LogP) is -2.82. The second kappa shape index (κ2) is 15.4. The summed E-state index contributed by atoms with van der Waals surface area (Å²) in [6.45, 7) is 0.445. The normalized spacial score (nSPS) is 12.2. The molecule has 0 aromatic carbocycles. The molecule has 2 atom stereocenters. The number of carbonyl (C=O) groups is 3. The molecule has 0 spiro atoms. The summed E-state index contributed by atoms with van der Waals surface area (Å²) in [4.78, 5) is 38.9. The number of carbonyl (C=O) groups excluding carboxylic acids is 2. The summed E-state index contributed by atoms with van der Waals surface area (Å²) < 4.78 is 0. The summed E-state index contributed by atoms with van der Waals surface area (Å²) in [5.41, 5.74) is 21.1. The van der Waals surface area contributed by atoms with Crippen LogP contribution >= 0.6 is 0 Å². The van der Waals surface area contributed by atoms with E-state index < -0.39 is 29.9 Å². The molecule has 0 radical (unpaired) electrons. The SMILES string of the molecule is NCCCCC(NC(=O)C(CCCN=C(N)N)NC(=O)CN)C(=O)O.[Cu+]. The van der Waals surface area contributed by atoms with Gasteiger partial charge in [-0.15, -0.1) is 0 Å². The Kier molecular flexibility index (Phi) is 15.6. The van der Waals surface area contributed by atoms with Gasteiger partial charge in [-0.05, 0) is 38.6 Å². The molecule has 2 amide bonds. The number of nitrogens with zero attached hydrogens (tertiary/aromatic N) is 1. The number of hydrogen-bond donors (Lipinski definition) is 7. The summed E-state index contributed by atoms with van der Waals surface area (Å²) >= 11 is 0. The number of nitrogens with one attached hydrogen (secondary N) is 2. The summed E-state index contributed by atoms with van der Waals surface area (Å²) in [7, 11) is 0. The Bertz CT molecular complexity index is 472. The van der Waals surface area contributed by atoms with Gasteiger partial charge >= 0.3 is 23.0 Å². The number of guanidine groups is 1. The molecule has 26 heavy (non-hydrogen) atoms. The molecule has 0 saturated heterocycles. The summed E-state index contributed by atoms with van der Waals surface area (Å²) in [6, 6.07) is -1.96. The molecule has 0 aromatic heterocycles. The smallest absolute Gasteiger partial charge is 0.480 e. The number of carboxylic acids is 1. The summed E-state index contributed by atoms with van der Waals surface area (Å²) in [5.74, 6) is -2.32. The van der Waals surface area contributed by atoms with Crippen LogP contribution in [0.2, 0.25) is 0 Å². The van der Waals surface area contributed by atoms with Gasteiger partial charge in [0.2, 0.25) is 11.8 Å². The van der Waals surface area contributed by atoms with Crippen molar-refractivity contribution in [3.05, 3.63) is 0 Å². The Morgan fingerprint density at radius 2 is 1.58 bits per heavy atom. The van der Waals surface area contributed by atoms with E-state index >= 15 is 0 Å². The van der Waals surface area contributed by atoms with Crippen LogP contribution < -0.4 is 33.6 Å². The number of rotatable bonds is 13. The predicted molar refractivity (Wildman–Crippen MR) is 93.4 cm³/mol. The molecule has 0 rings (SSSR count). The van der Waals surface area contributed by atoms with Gasteiger partial charge in [-0.2, -0.15) is 0 Å². The first-order chi connectivity index (χ1) is 11.8. The fourth-order valence-electron chi connectivity index (χ4n) is 2.05. The third kappa shape index (κ3) is 12.5. The van der Waals surface area contributed by atoms with E-state index in [0.717, 1.165) is 0 Å². The maximum Gasteiger partial charge on any atom is 1.00 e. The van der Waals surface area contributed by atoms with E-state index in [-0.39, 0.29) is 49.0 Å². The summed E-state index contributed by atoms with van der Waals surface area (Å²) in [5, 5.41) is 14.1. The minimum atomic E-state index is -1.14. The third-order valence-corrected chi connectivity index (χ3v) is 3.34. The zero-order valence-corrected chi connectivity index (χ0v) is 15.5. The molecule has 0 aliphatic carbocycles. The molecular formula is C14H29CuN7O4+. The van der Waals surface area contributed by atoms with E-state index in [0.29, 0.717) is 25.8 Å². The zero-order chi connectivity index (χ0) is 19.2. The number of carboxylic acid groups (broad SMARTS) is 1. The molecule has 0 bridgehead atoms. The van der Waals surface area contributed by atoms with Crippen LogP contribution in [0.15, 0.2) is 4.99 Å². The minimum absolute atomic E-state index is 0. The Morgan fingerprint density at radius 3 is 2.08 bits per heavy atom. The van der Waals surface area contributed by atoms with Gasteiger partial charge in [-0.3, -0.25) is 14.6 Å². The van der Waals surface area contributed by atoms with Crippen molar-refractivity contribution in [1.82, 2.24) is 10.6 Å². The first-order valence-electron chi connectivity index (χ1n) is 8.09. The van der Waals surface area contributed by atoms with Gasteiger partial charge in [-0.1, -0.05) is 0 Å². The van der Waals surface area contributed by atoms with Crippen LogP contribution in [0.4, 0.5) is 0 Å². The van der Waals surface area contributed by atoms with Gasteiger partial charge in [0.15, 0.2) is 5.96 Å². The number of aliphatic carboxylic acids is 1. The van der Waals surface area contributed by atoms with Crippen molar-refractivity contribution < 1.29 is 36.6 Å². The second-order valence-corrected chi connectivity index (χ2v) is 5.46. The van der Waals surface area contributed by atoms with E-state index in [1.165, 1.54) is 0 Å². The van der Waals surface area contributed by atoms with Gasteiger partial charge in [0, 0.05) is 6.54 Å². The van der Waals surface area contributed by atoms with Crippen molar-refractivity contribution in [3.63, 3.8) is 0 Å². The Morgan fingerprint density at radius 1 is 0.962 bits per heavy atom. The molecular weight excluding hydrogens is 394 g/mol. The minimum Gasteiger partial charge on any atom is -0.480 e. The molecule has 0 aliphatic heterocycles. The van der Waals surface area contributed by atoms with Crippen molar-refractivity contribution in [3.8, 4) is 0 Å². The molecule has 12 heteroatoms. The maximum absolute atomic E-state index is 12.3. The average Bonchev–Trinajstić information content (AvgIpc) is 2.55. The second-order valence-electron chi connectivity index (χ2n) is 5.46. The van der Waals surface area contributed by atoms with Crippen molar-refractivity contribution >= 4 is 23.7 Å². The van der Waals surface area contributed by atoms with Gasteiger partial charge < -0.3 is 38.7 Å².